The quantitative estimate of drug-likeness (QED) is 0.211. The van der Waals surface area contributed by atoms with E-state index in [2.05, 4.69) is 36.6 Å². The Kier molecular flexibility index (Phi) is 11.9. The maximum atomic E-state index is 13.3. The van der Waals surface area contributed by atoms with Gasteiger partial charge in [0.15, 0.2) is 0 Å². The molecule has 0 aliphatic heterocycles. The van der Waals surface area contributed by atoms with E-state index in [4.69, 9.17) is 4.74 Å². The number of carbonyl (C=O) groups is 2. The van der Waals surface area contributed by atoms with Crippen molar-refractivity contribution in [2.75, 3.05) is 25.1 Å². The molecule has 2 unspecified atom stereocenters. The van der Waals surface area contributed by atoms with Gasteiger partial charge in [0.1, 0.15) is 12.1 Å². The van der Waals surface area contributed by atoms with Gasteiger partial charge in [-0.05, 0) is 85.6 Å². The molecule has 0 bridgehead atoms. The van der Waals surface area contributed by atoms with E-state index in [1.165, 1.54) is 9.75 Å². The van der Waals surface area contributed by atoms with Crippen molar-refractivity contribution < 1.29 is 19.4 Å². The monoisotopic (exact) mass is 554 g/mol. The van der Waals surface area contributed by atoms with E-state index in [0.717, 1.165) is 40.2 Å². The minimum absolute atomic E-state index is 0.00126. The van der Waals surface area contributed by atoms with E-state index in [-0.39, 0.29) is 6.10 Å². The lowest BCUT2D eigenvalue weighted by Crippen LogP contribution is -2.42. The summed E-state index contributed by atoms with van der Waals surface area (Å²) in [4.78, 5) is 27.6. The Morgan fingerprint density at radius 2 is 1.87 bits per heavy atom. The number of rotatable bonds is 15. The lowest BCUT2D eigenvalue weighted by atomic mass is 9.93. The van der Waals surface area contributed by atoms with Crippen molar-refractivity contribution in [3.63, 3.8) is 0 Å². The molecule has 2 aromatic carbocycles. The number of thiophene rings is 1. The Hall–Kier alpha value is -2.65. The Morgan fingerprint density at radius 3 is 2.53 bits per heavy atom. The van der Waals surface area contributed by atoms with E-state index < -0.39 is 17.9 Å². The summed E-state index contributed by atoms with van der Waals surface area (Å²) in [6.45, 7) is 7.22. The molecule has 0 radical (unpaired) electrons. The Morgan fingerprint density at radius 1 is 1.08 bits per heavy atom. The van der Waals surface area contributed by atoms with Crippen LogP contribution in [0.1, 0.15) is 57.6 Å². The summed E-state index contributed by atoms with van der Waals surface area (Å²) in [5.74, 6) is 0.460. The SMILES string of the molecule is CCSCC(OCc1ccc(C(=O)NC(CCNC)C(=O)O)c(-c2ccccc2C)c1)c1ccc(CC)s1. The number of hydrogen-bond donors (Lipinski definition) is 3. The molecular formula is C30H38N2O4S2. The molecule has 2 atom stereocenters. The van der Waals surface area contributed by atoms with Gasteiger partial charge >= 0.3 is 5.97 Å². The number of amides is 1. The van der Waals surface area contributed by atoms with Crippen molar-refractivity contribution in [1.29, 1.82) is 0 Å². The molecule has 1 aromatic heterocycles. The predicted octanol–water partition coefficient (Wildman–Crippen LogP) is 6.09. The van der Waals surface area contributed by atoms with Crippen LogP contribution in [-0.2, 0) is 22.6 Å². The molecule has 3 aromatic rings. The number of ether oxygens (including phenoxy) is 1. The van der Waals surface area contributed by atoms with Gasteiger partial charge in [0.25, 0.3) is 5.91 Å². The highest BCUT2D eigenvalue weighted by atomic mass is 32.2. The summed E-state index contributed by atoms with van der Waals surface area (Å²) in [7, 11) is 1.75. The smallest absolute Gasteiger partial charge is 0.326 e. The van der Waals surface area contributed by atoms with Crippen LogP contribution in [0.3, 0.4) is 0 Å². The van der Waals surface area contributed by atoms with Crippen molar-refractivity contribution in [2.45, 2.75) is 52.4 Å². The summed E-state index contributed by atoms with van der Waals surface area (Å²) in [5, 5.41) is 15.3. The van der Waals surface area contributed by atoms with E-state index in [1.54, 1.807) is 24.5 Å². The molecule has 3 rings (SSSR count). The first-order valence-electron chi connectivity index (χ1n) is 13.0. The molecular weight excluding hydrogens is 516 g/mol. The number of aryl methyl sites for hydroxylation is 2. The molecule has 0 aliphatic carbocycles. The van der Waals surface area contributed by atoms with Crippen LogP contribution >= 0.6 is 23.1 Å². The molecule has 204 valence electrons. The van der Waals surface area contributed by atoms with Gasteiger partial charge < -0.3 is 20.5 Å². The summed E-state index contributed by atoms with van der Waals surface area (Å²) in [6, 6.07) is 17.0. The van der Waals surface area contributed by atoms with E-state index >= 15 is 0 Å². The van der Waals surface area contributed by atoms with Gasteiger partial charge in [-0.3, -0.25) is 4.79 Å². The molecule has 6 nitrogen and oxygen atoms in total. The number of carboxylic acids is 1. The third kappa shape index (κ3) is 8.17. The van der Waals surface area contributed by atoms with E-state index in [9.17, 15) is 14.7 Å². The highest BCUT2D eigenvalue weighted by molar-refractivity contribution is 7.99. The third-order valence-corrected chi connectivity index (χ3v) is 8.59. The van der Waals surface area contributed by atoms with Crippen LogP contribution in [0.15, 0.2) is 54.6 Å². The first kappa shape index (κ1) is 29.9. The van der Waals surface area contributed by atoms with Crippen LogP contribution in [0, 0.1) is 6.92 Å². The highest BCUT2D eigenvalue weighted by Gasteiger charge is 2.23. The lowest BCUT2D eigenvalue weighted by molar-refractivity contribution is -0.139. The Labute approximate surface area is 234 Å². The maximum absolute atomic E-state index is 13.3. The van der Waals surface area contributed by atoms with Gasteiger partial charge in [-0.15, -0.1) is 11.3 Å². The fraction of sp³-hybridized carbons (Fsp3) is 0.400. The summed E-state index contributed by atoms with van der Waals surface area (Å²) >= 11 is 3.67. The van der Waals surface area contributed by atoms with Crippen molar-refractivity contribution in [3.05, 3.63) is 81.0 Å². The fourth-order valence-corrected chi connectivity index (χ4v) is 5.98. The molecule has 0 spiro atoms. The summed E-state index contributed by atoms with van der Waals surface area (Å²) in [6.07, 6.45) is 1.31. The first-order valence-corrected chi connectivity index (χ1v) is 15.0. The van der Waals surface area contributed by atoms with E-state index in [0.29, 0.717) is 25.1 Å². The second-order valence-electron chi connectivity index (χ2n) is 9.07. The number of carboxylic acid groups (broad SMARTS) is 1. The zero-order chi connectivity index (χ0) is 27.5. The number of carbonyl (C=O) groups excluding carboxylic acids is 1. The number of thioether (sulfide) groups is 1. The van der Waals surface area contributed by atoms with Crippen LogP contribution < -0.4 is 10.6 Å². The van der Waals surface area contributed by atoms with Gasteiger partial charge in [0.05, 0.1) is 6.61 Å². The van der Waals surface area contributed by atoms with Crippen LogP contribution in [0.5, 0.6) is 0 Å². The molecule has 38 heavy (non-hydrogen) atoms. The number of aliphatic carboxylic acids is 1. The first-order chi connectivity index (χ1) is 18.4. The molecule has 0 saturated heterocycles. The van der Waals surface area contributed by atoms with Crippen molar-refractivity contribution in [2.24, 2.45) is 0 Å². The maximum Gasteiger partial charge on any atom is 0.326 e. The molecule has 3 N–H and O–H groups in total. The van der Waals surface area contributed by atoms with Gasteiger partial charge in [-0.25, -0.2) is 4.79 Å². The zero-order valence-electron chi connectivity index (χ0n) is 22.6. The molecule has 1 heterocycles. The molecule has 8 heteroatoms. The molecule has 0 fully saturated rings. The van der Waals surface area contributed by atoms with Crippen LogP contribution in [-0.4, -0.2) is 48.1 Å². The molecule has 1 amide bonds. The van der Waals surface area contributed by atoms with Gasteiger partial charge in [0, 0.05) is 21.1 Å². The number of hydrogen-bond acceptors (Lipinski definition) is 6. The largest absolute Gasteiger partial charge is 0.480 e. The van der Waals surface area contributed by atoms with Crippen molar-refractivity contribution in [3.8, 4) is 11.1 Å². The van der Waals surface area contributed by atoms with Gasteiger partial charge in [0.2, 0.25) is 0 Å². The van der Waals surface area contributed by atoms with Gasteiger partial charge in [-0.1, -0.05) is 44.2 Å². The second-order valence-corrected chi connectivity index (χ2v) is 11.6. The topological polar surface area (TPSA) is 87.7 Å². The van der Waals surface area contributed by atoms with Crippen molar-refractivity contribution in [1.82, 2.24) is 10.6 Å². The summed E-state index contributed by atoms with van der Waals surface area (Å²) < 4.78 is 6.44. The number of nitrogens with one attached hydrogen (secondary N) is 2. The fourth-order valence-electron chi connectivity index (χ4n) is 4.15. The number of benzene rings is 2. The van der Waals surface area contributed by atoms with E-state index in [1.807, 2.05) is 55.1 Å². The molecule has 0 aliphatic rings. The third-order valence-electron chi connectivity index (χ3n) is 6.32. The highest BCUT2D eigenvalue weighted by Crippen LogP contribution is 2.32. The Balaban J connectivity index is 1.89. The summed E-state index contributed by atoms with van der Waals surface area (Å²) in [5.41, 5.74) is 4.15. The minimum atomic E-state index is -1.05. The predicted molar refractivity (Wildman–Crippen MR) is 158 cm³/mol. The minimum Gasteiger partial charge on any atom is -0.480 e. The van der Waals surface area contributed by atoms with Gasteiger partial charge in [-0.2, -0.15) is 11.8 Å². The van der Waals surface area contributed by atoms with Crippen LogP contribution in [0.4, 0.5) is 0 Å². The van der Waals surface area contributed by atoms with Crippen molar-refractivity contribution >= 4 is 35.0 Å². The lowest BCUT2D eigenvalue weighted by Gasteiger charge is -2.19. The molecule has 0 saturated carbocycles. The zero-order valence-corrected chi connectivity index (χ0v) is 24.2. The average Bonchev–Trinajstić information content (AvgIpc) is 3.40. The standard InChI is InChI=1S/C30H38N2O4S2/c1-5-22-12-14-28(38-22)27(19-37-6-2)36-18-21-11-13-24(25(17-21)23-10-8-7-9-20(23)3)29(33)32-26(30(34)35)15-16-31-4/h7-14,17,26-27,31H,5-6,15-16,18-19H2,1-4H3,(H,32,33)(H,34,35). The van der Waals surface area contributed by atoms with Crippen LogP contribution in [0.2, 0.25) is 0 Å². The Bertz CT molecular complexity index is 1210. The average molecular weight is 555 g/mol. The second kappa shape index (κ2) is 15.1. The normalized spacial score (nSPS) is 12.7. The van der Waals surface area contributed by atoms with Crippen LogP contribution in [0.25, 0.3) is 11.1 Å².